The number of nitrogens with one attached hydrogen (secondary N) is 1. The molecule has 0 aliphatic rings. The first-order valence-corrected chi connectivity index (χ1v) is 6.57. The fourth-order valence-corrected chi connectivity index (χ4v) is 2.25. The van der Waals surface area contributed by atoms with E-state index in [1.165, 1.54) is 14.7 Å². The molecule has 3 N–H and O–H groups in total. The number of ether oxygens (including phenoxy) is 1. The van der Waals surface area contributed by atoms with Gasteiger partial charge in [-0.2, -0.15) is 0 Å². The van der Waals surface area contributed by atoms with Crippen molar-refractivity contribution in [3.8, 4) is 0 Å². The fourth-order valence-electron chi connectivity index (χ4n) is 1.51. The fraction of sp³-hybridized carbons (Fsp3) is 0.500. The van der Waals surface area contributed by atoms with Gasteiger partial charge >= 0.3 is 0 Å². The van der Waals surface area contributed by atoms with Crippen LogP contribution in [0.5, 0.6) is 0 Å². The number of hydrogen-bond donors (Lipinski definition) is 2. The van der Waals surface area contributed by atoms with Gasteiger partial charge in [-0.3, -0.25) is 11.3 Å². The van der Waals surface area contributed by atoms with Gasteiger partial charge in [-0.25, -0.2) is 0 Å². The lowest BCUT2D eigenvalue weighted by molar-refractivity contribution is 0.112. The summed E-state index contributed by atoms with van der Waals surface area (Å²) in [4.78, 5) is 0. The maximum atomic E-state index is 5.57. The van der Waals surface area contributed by atoms with E-state index in [0.29, 0.717) is 6.61 Å². The first-order chi connectivity index (χ1) is 7.70. The molecule has 0 aliphatic heterocycles. The highest BCUT2D eigenvalue weighted by molar-refractivity contribution is 14.1. The smallest absolute Gasteiger partial charge is 0.0704 e. The molecule has 0 saturated heterocycles. The Bertz CT molecular complexity index is 331. The standard InChI is InChI=1S/C12H19IN2O/c1-3-7-16-8-11(15-14)10-6-4-5-9(2)12(10)13/h4-6,11,15H,3,7-8,14H2,1-2H3. The number of hydrogen-bond acceptors (Lipinski definition) is 3. The third-order valence-electron chi connectivity index (χ3n) is 2.43. The van der Waals surface area contributed by atoms with Gasteiger partial charge in [0, 0.05) is 10.2 Å². The number of nitrogens with two attached hydrogens (primary N) is 1. The van der Waals surface area contributed by atoms with Crippen LogP contribution in [0.2, 0.25) is 0 Å². The van der Waals surface area contributed by atoms with Crippen molar-refractivity contribution in [3.63, 3.8) is 0 Å². The molecule has 0 saturated carbocycles. The van der Waals surface area contributed by atoms with Gasteiger partial charge in [0.1, 0.15) is 0 Å². The molecule has 1 atom stereocenters. The van der Waals surface area contributed by atoms with Gasteiger partial charge in [0.2, 0.25) is 0 Å². The zero-order valence-electron chi connectivity index (χ0n) is 9.79. The minimum atomic E-state index is 0.0679. The van der Waals surface area contributed by atoms with E-state index in [4.69, 9.17) is 10.6 Å². The first kappa shape index (κ1) is 13.9. The number of rotatable bonds is 6. The third-order valence-corrected chi connectivity index (χ3v) is 3.90. The van der Waals surface area contributed by atoms with Crippen LogP contribution in [0.15, 0.2) is 18.2 Å². The Balaban J connectivity index is 2.74. The summed E-state index contributed by atoms with van der Waals surface area (Å²) in [7, 11) is 0. The molecule has 90 valence electrons. The van der Waals surface area contributed by atoms with E-state index in [0.717, 1.165) is 13.0 Å². The van der Waals surface area contributed by atoms with Gasteiger partial charge in [0.25, 0.3) is 0 Å². The Labute approximate surface area is 111 Å². The van der Waals surface area contributed by atoms with E-state index in [2.05, 4.69) is 60.1 Å². The predicted molar refractivity (Wildman–Crippen MR) is 75.1 cm³/mol. The van der Waals surface area contributed by atoms with Crippen LogP contribution in [0.25, 0.3) is 0 Å². The lowest BCUT2D eigenvalue weighted by atomic mass is 10.1. The quantitative estimate of drug-likeness (QED) is 0.364. The van der Waals surface area contributed by atoms with Crippen molar-refractivity contribution < 1.29 is 4.74 Å². The zero-order chi connectivity index (χ0) is 12.0. The minimum absolute atomic E-state index is 0.0679. The average molecular weight is 334 g/mol. The summed E-state index contributed by atoms with van der Waals surface area (Å²) in [5.74, 6) is 5.57. The zero-order valence-corrected chi connectivity index (χ0v) is 12.0. The largest absolute Gasteiger partial charge is 0.379 e. The van der Waals surface area contributed by atoms with E-state index >= 15 is 0 Å². The second-order valence-electron chi connectivity index (χ2n) is 3.77. The summed E-state index contributed by atoms with van der Waals surface area (Å²) >= 11 is 2.35. The lowest BCUT2D eigenvalue weighted by Crippen LogP contribution is -2.32. The summed E-state index contributed by atoms with van der Waals surface area (Å²) in [6.07, 6.45) is 1.03. The van der Waals surface area contributed by atoms with Crippen LogP contribution in [-0.4, -0.2) is 13.2 Å². The highest BCUT2D eigenvalue weighted by atomic mass is 127. The van der Waals surface area contributed by atoms with Gasteiger partial charge in [-0.15, -0.1) is 0 Å². The molecule has 1 aromatic carbocycles. The summed E-state index contributed by atoms with van der Waals surface area (Å²) in [6.45, 7) is 5.59. The lowest BCUT2D eigenvalue weighted by Gasteiger charge is -2.18. The molecule has 4 heteroatoms. The number of benzene rings is 1. The van der Waals surface area contributed by atoms with Crippen molar-refractivity contribution in [1.29, 1.82) is 0 Å². The molecule has 0 aromatic heterocycles. The summed E-state index contributed by atoms with van der Waals surface area (Å²) in [5, 5.41) is 0. The maximum Gasteiger partial charge on any atom is 0.0704 e. The minimum Gasteiger partial charge on any atom is -0.379 e. The van der Waals surface area contributed by atoms with Crippen LogP contribution < -0.4 is 11.3 Å². The van der Waals surface area contributed by atoms with Crippen LogP contribution in [0.3, 0.4) is 0 Å². The van der Waals surface area contributed by atoms with Crippen molar-refractivity contribution in [3.05, 3.63) is 32.9 Å². The molecule has 16 heavy (non-hydrogen) atoms. The van der Waals surface area contributed by atoms with E-state index in [-0.39, 0.29) is 6.04 Å². The molecule has 1 unspecified atom stereocenters. The van der Waals surface area contributed by atoms with Crippen molar-refractivity contribution in [2.45, 2.75) is 26.3 Å². The SMILES string of the molecule is CCCOCC(NN)c1cccc(C)c1I. The van der Waals surface area contributed by atoms with E-state index in [9.17, 15) is 0 Å². The second-order valence-corrected chi connectivity index (χ2v) is 4.85. The maximum absolute atomic E-state index is 5.57. The summed E-state index contributed by atoms with van der Waals surface area (Å²) in [6, 6.07) is 6.32. The monoisotopic (exact) mass is 334 g/mol. The molecular weight excluding hydrogens is 315 g/mol. The normalized spacial score (nSPS) is 12.8. The van der Waals surface area contributed by atoms with E-state index < -0.39 is 0 Å². The number of aryl methyl sites for hydroxylation is 1. The number of halogens is 1. The highest BCUT2D eigenvalue weighted by Gasteiger charge is 2.13. The molecule has 0 aliphatic carbocycles. The molecule has 0 spiro atoms. The molecule has 0 radical (unpaired) electrons. The second kappa shape index (κ2) is 7.21. The molecule has 0 heterocycles. The number of hydrazine groups is 1. The van der Waals surface area contributed by atoms with E-state index in [1.807, 2.05) is 0 Å². The van der Waals surface area contributed by atoms with Crippen LogP contribution in [0.4, 0.5) is 0 Å². The van der Waals surface area contributed by atoms with Crippen LogP contribution >= 0.6 is 22.6 Å². The molecule has 0 fully saturated rings. The van der Waals surface area contributed by atoms with Gasteiger partial charge in [0.15, 0.2) is 0 Å². The summed E-state index contributed by atoms with van der Waals surface area (Å²) < 4.78 is 6.79. The summed E-state index contributed by atoms with van der Waals surface area (Å²) in [5.41, 5.74) is 5.30. The average Bonchev–Trinajstić information content (AvgIpc) is 2.29. The van der Waals surface area contributed by atoms with Crippen LogP contribution in [0.1, 0.15) is 30.5 Å². The molecule has 0 amide bonds. The third kappa shape index (κ3) is 3.69. The Morgan fingerprint density at radius 3 is 2.88 bits per heavy atom. The van der Waals surface area contributed by atoms with Crippen molar-refractivity contribution >= 4 is 22.6 Å². The van der Waals surface area contributed by atoms with Crippen LogP contribution in [0, 0.1) is 10.5 Å². The van der Waals surface area contributed by atoms with Gasteiger partial charge in [-0.1, -0.05) is 25.1 Å². The van der Waals surface area contributed by atoms with E-state index in [1.54, 1.807) is 0 Å². The van der Waals surface area contributed by atoms with Gasteiger partial charge < -0.3 is 4.74 Å². The van der Waals surface area contributed by atoms with Crippen molar-refractivity contribution in [1.82, 2.24) is 5.43 Å². The molecule has 1 rings (SSSR count). The highest BCUT2D eigenvalue weighted by Crippen LogP contribution is 2.22. The Hall–Kier alpha value is -0.170. The molecule has 3 nitrogen and oxygen atoms in total. The molecule has 1 aromatic rings. The van der Waals surface area contributed by atoms with Crippen molar-refractivity contribution in [2.24, 2.45) is 5.84 Å². The Morgan fingerprint density at radius 1 is 1.50 bits per heavy atom. The molecular formula is C12H19IN2O. The predicted octanol–water partition coefficient (Wildman–Crippen LogP) is 2.53. The molecule has 0 bridgehead atoms. The Kier molecular flexibility index (Phi) is 6.26. The van der Waals surface area contributed by atoms with Crippen molar-refractivity contribution in [2.75, 3.05) is 13.2 Å². The van der Waals surface area contributed by atoms with Gasteiger partial charge in [-0.05, 0) is 47.1 Å². The van der Waals surface area contributed by atoms with Gasteiger partial charge in [0.05, 0.1) is 12.6 Å². The van der Waals surface area contributed by atoms with Crippen LogP contribution in [-0.2, 0) is 4.74 Å². The first-order valence-electron chi connectivity index (χ1n) is 5.49. The topological polar surface area (TPSA) is 47.3 Å². The Morgan fingerprint density at radius 2 is 2.25 bits per heavy atom.